The fraction of sp³-hybridized carbons (Fsp3) is 0.625. The second-order valence-electron chi connectivity index (χ2n) is 6.75. The number of rotatable bonds is 3. The monoisotopic (exact) mass is 234 g/mol. The molecule has 0 saturated heterocycles. The largest absolute Gasteiger partial charge is 0.375 e. The average Bonchev–Trinajstić information content (AvgIpc) is 2.15. The van der Waals surface area contributed by atoms with E-state index in [-0.39, 0.29) is 11.0 Å². The van der Waals surface area contributed by atoms with Gasteiger partial charge in [0.15, 0.2) is 0 Å². The van der Waals surface area contributed by atoms with Crippen molar-refractivity contribution in [1.29, 1.82) is 0 Å². The van der Waals surface area contributed by atoms with Crippen molar-refractivity contribution in [3.8, 4) is 0 Å². The zero-order valence-electron chi connectivity index (χ0n) is 12.1. The standard InChI is InChI=1S/C16H26O/c1-15(2,3)14(12-17-16(4,5)6)13-10-8-7-9-11-13/h7-11,14H,12H2,1-6H3. The van der Waals surface area contributed by atoms with E-state index < -0.39 is 0 Å². The van der Waals surface area contributed by atoms with Gasteiger partial charge in [-0.15, -0.1) is 0 Å². The van der Waals surface area contributed by atoms with Gasteiger partial charge in [0.1, 0.15) is 0 Å². The molecule has 1 heteroatoms. The predicted octanol–water partition coefficient (Wildman–Crippen LogP) is 4.63. The summed E-state index contributed by atoms with van der Waals surface area (Å²) in [5, 5.41) is 0. The lowest BCUT2D eigenvalue weighted by atomic mass is 9.77. The molecule has 0 aliphatic carbocycles. The summed E-state index contributed by atoms with van der Waals surface area (Å²) in [4.78, 5) is 0. The molecule has 0 radical (unpaired) electrons. The lowest BCUT2D eigenvalue weighted by Gasteiger charge is -2.33. The SMILES string of the molecule is CC(C)(C)OCC(c1ccccc1)C(C)(C)C. The summed E-state index contributed by atoms with van der Waals surface area (Å²) in [7, 11) is 0. The van der Waals surface area contributed by atoms with Crippen LogP contribution in [-0.4, -0.2) is 12.2 Å². The molecule has 1 aromatic carbocycles. The third-order valence-corrected chi connectivity index (χ3v) is 2.93. The summed E-state index contributed by atoms with van der Waals surface area (Å²) >= 11 is 0. The van der Waals surface area contributed by atoms with E-state index in [0.717, 1.165) is 6.61 Å². The summed E-state index contributed by atoms with van der Waals surface area (Å²) in [6.45, 7) is 13.9. The van der Waals surface area contributed by atoms with Gasteiger partial charge < -0.3 is 4.74 Å². The van der Waals surface area contributed by atoms with Crippen LogP contribution in [0.4, 0.5) is 0 Å². The first-order valence-electron chi connectivity index (χ1n) is 6.39. The van der Waals surface area contributed by atoms with E-state index in [2.05, 4.69) is 71.9 Å². The van der Waals surface area contributed by atoms with E-state index in [9.17, 15) is 0 Å². The minimum absolute atomic E-state index is 0.0712. The highest BCUT2D eigenvalue weighted by molar-refractivity contribution is 5.21. The second-order valence-corrected chi connectivity index (χ2v) is 6.75. The van der Waals surface area contributed by atoms with Crippen molar-refractivity contribution in [2.45, 2.75) is 53.1 Å². The van der Waals surface area contributed by atoms with Gasteiger partial charge in [0, 0.05) is 5.92 Å². The van der Waals surface area contributed by atoms with Crippen molar-refractivity contribution in [2.24, 2.45) is 5.41 Å². The molecule has 96 valence electrons. The Kier molecular flexibility index (Phi) is 4.37. The first-order valence-corrected chi connectivity index (χ1v) is 6.39. The second kappa shape index (κ2) is 5.22. The molecule has 1 aromatic rings. The molecule has 0 fully saturated rings. The third kappa shape index (κ3) is 4.91. The van der Waals surface area contributed by atoms with E-state index in [4.69, 9.17) is 4.74 Å². The van der Waals surface area contributed by atoms with E-state index in [1.54, 1.807) is 0 Å². The van der Waals surface area contributed by atoms with E-state index in [0.29, 0.717) is 5.92 Å². The molecule has 0 saturated carbocycles. The first-order chi connectivity index (χ1) is 7.70. The predicted molar refractivity (Wildman–Crippen MR) is 74.3 cm³/mol. The average molecular weight is 234 g/mol. The number of benzene rings is 1. The zero-order valence-corrected chi connectivity index (χ0v) is 12.1. The lowest BCUT2D eigenvalue weighted by molar-refractivity contribution is -0.0241. The first kappa shape index (κ1) is 14.2. The van der Waals surface area contributed by atoms with Crippen molar-refractivity contribution in [3.05, 3.63) is 35.9 Å². The van der Waals surface area contributed by atoms with Crippen LogP contribution in [0.1, 0.15) is 53.0 Å². The van der Waals surface area contributed by atoms with Crippen molar-refractivity contribution >= 4 is 0 Å². The Morgan fingerprint density at radius 2 is 1.47 bits per heavy atom. The molecule has 1 rings (SSSR count). The molecule has 1 atom stereocenters. The molecule has 1 unspecified atom stereocenters. The summed E-state index contributed by atoms with van der Waals surface area (Å²) in [5.41, 5.74) is 1.51. The quantitative estimate of drug-likeness (QED) is 0.741. The van der Waals surface area contributed by atoms with Gasteiger partial charge in [-0.3, -0.25) is 0 Å². The smallest absolute Gasteiger partial charge is 0.0598 e. The van der Waals surface area contributed by atoms with Gasteiger partial charge in [-0.25, -0.2) is 0 Å². The lowest BCUT2D eigenvalue weighted by Crippen LogP contribution is -2.28. The summed E-state index contributed by atoms with van der Waals surface area (Å²) in [6, 6.07) is 10.7. The van der Waals surface area contributed by atoms with Crippen LogP contribution in [0.5, 0.6) is 0 Å². The van der Waals surface area contributed by atoms with Gasteiger partial charge in [0.2, 0.25) is 0 Å². The fourth-order valence-electron chi connectivity index (χ4n) is 1.86. The highest BCUT2D eigenvalue weighted by Crippen LogP contribution is 2.35. The van der Waals surface area contributed by atoms with Gasteiger partial charge in [-0.2, -0.15) is 0 Å². The molecule has 0 amide bonds. The number of ether oxygens (including phenoxy) is 1. The van der Waals surface area contributed by atoms with Crippen molar-refractivity contribution in [1.82, 2.24) is 0 Å². The molecular weight excluding hydrogens is 208 g/mol. The maximum Gasteiger partial charge on any atom is 0.0598 e. The molecule has 1 nitrogen and oxygen atoms in total. The fourth-order valence-corrected chi connectivity index (χ4v) is 1.86. The Labute approximate surface area is 106 Å². The molecule has 0 aliphatic heterocycles. The molecule has 0 heterocycles. The molecule has 0 aromatic heterocycles. The zero-order chi connectivity index (χ0) is 13.1. The molecule has 0 aliphatic rings. The number of hydrogen-bond acceptors (Lipinski definition) is 1. The Morgan fingerprint density at radius 3 is 1.88 bits per heavy atom. The Morgan fingerprint density at radius 1 is 0.941 bits per heavy atom. The van der Waals surface area contributed by atoms with Crippen molar-refractivity contribution < 1.29 is 4.74 Å². The van der Waals surface area contributed by atoms with E-state index in [1.165, 1.54) is 5.56 Å². The maximum atomic E-state index is 5.97. The Balaban J connectivity index is 2.83. The number of hydrogen-bond donors (Lipinski definition) is 0. The van der Waals surface area contributed by atoms with Gasteiger partial charge in [0.25, 0.3) is 0 Å². The van der Waals surface area contributed by atoms with Crippen LogP contribution >= 0.6 is 0 Å². The molecular formula is C16H26O. The highest BCUT2D eigenvalue weighted by atomic mass is 16.5. The van der Waals surface area contributed by atoms with Crippen molar-refractivity contribution in [3.63, 3.8) is 0 Å². The molecule has 0 N–H and O–H groups in total. The van der Waals surface area contributed by atoms with Crippen LogP contribution in [0.15, 0.2) is 30.3 Å². The Bertz CT molecular complexity index is 327. The van der Waals surface area contributed by atoms with Crippen molar-refractivity contribution in [2.75, 3.05) is 6.61 Å². The summed E-state index contributed by atoms with van der Waals surface area (Å²) in [5.74, 6) is 0.433. The van der Waals surface area contributed by atoms with Crippen LogP contribution in [0.25, 0.3) is 0 Å². The minimum atomic E-state index is -0.0712. The normalized spacial score (nSPS) is 14.7. The molecule has 17 heavy (non-hydrogen) atoms. The van der Waals surface area contributed by atoms with Gasteiger partial charge in [-0.1, -0.05) is 51.1 Å². The van der Waals surface area contributed by atoms with Crippen LogP contribution < -0.4 is 0 Å². The topological polar surface area (TPSA) is 9.23 Å². The molecule has 0 bridgehead atoms. The summed E-state index contributed by atoms with van der Waals surface area (Å²) < 4.78 is 5.97. The van der Waals surface area contributed by atoms with Gasteiger partial charge >= 0.3 is 0 Å². The third-order valence-electron chi connectivity index (χ3n) is 2.93. The van der Waals surface area contributed by atoms with Crippen LogP contribution in [-0.2, 0) is 4.74 Å². The van der Waals surface area contributed by atoms with Crippen LogP contribution in [0.3, 0.4) is 0 Å². The highest BCUT2D eigenvalue weighted by Gasteiger charge is 2.27. The van der Waals surface area contributed by atoms with Crippen LogP contribution in [0.2, 0.25) is 0 Å². The van der Waals surface area contributed by atoms with E-state index >= 15 is 0 Å². The minimum Gasteiger partial charge on any atom is -0.375 e. The Hall–Kier alpha value is -0.820. The summed E-state index contributed by atoms with van der Waals surface area (Å²) in [6.07, 6.45) is 0. The van der Waals surface area contributed by atoms with Gasteiger partial charge in [0.05, 0.1) is 12.2 Å². The van der Waals surface area contributed by atoms with E-state index in [1.807, 2.05) is 0 Å². The van der Waals surface area contributed by atoms with Crippen LogP contribution in [0, 0.1) is 5.41 Å². The maximum absolute atomic E-state index is 5.97. The van der Waals surface area contributed by atoms with Gasteiger partial charge in [-0.05, 0) is 31.7 Å². The molecule has 0 spiro atoms.